The monoisotopic (exact) mass is 510 g/mol. The zero-order valence-corrected chi connectivity index (χ0v) is 20.3. The molecular formula is C24H23ClN6O3S. The number of thiazole rings is 1. The average Bonchev–Trinajstić information content (AvgIpc) is 3.59. The minimum atomic E-state index is -0.244. The van der Waals surface area contributed by atoms with Crippen molar-refractivity contribution in [3.63, 3.8) is 0 Å². The third-order valence-electron chi connectivity index (χ3n) is 5.53. The van der Waals surface area contributed by atoms with Gasteiger partial charge < -0.3 is 14.8 Å². The summed E-state index contributed by atoms with van der Waals surface area (Å²) in [6.07, 6.45) is 0. The van der Waals surface area contributed by atoms with E-state index in [1.54, 1.807) is 17.0 Å². The van der Waals surface area contributed by atoms with E-state index in [1.165, 1.54) is 11.3 Å². The Morgan fingerprint density at radius 3 is 2.71 bits per heavy atom. The number of aromatic amines is 1. The SMILES string of the molecule is O=C(Nc1ccc(-c2nc(-c3ccc(OCCN4CCOCC4)c(Cl)c3)n[nH]2)cc1)c1cscn1. The summed E-state index contributed by atoms with van der Waals surface area (Å²) >= 11 is 7.83. The van der Waals surface area contributed by atoms with E-state index >= 15 is 0 Å². The highest BCUT2D eigenvalue weighted by Crippen LogP contribution is 2.30. The van der Waals surface area contributed by atoms with Crippen LogP contribution in [0.5, 0.6) is 5.75 Å². The number of benzene rings is 2. The summed E-state index contributed by atoms with van der Waals surface area (Å²) in [6.45, 7) is 4.77. The van der Waals surface area contributed by atoms with Crippen LogP contribution in [-0.2, 0) is 4.74 Å². The van der Waals surface area contributed by atoms with Crippen LogP contribution in [0.25, 0.3) is 22.8 Å². The smallest absolute Gasteiger partial charge is 0.275 e. The van der Waals surface area contributed by atoms with Crippen molar-refractivity contribution in [2.75, 3.05) is 44.8 Å². The number of ether oxygens (including phenoxy) is 2. The fourth-order valence-corrected chi connectivity index (χ4v) is 4.38. The van der Waals surface area contributed by atoms with Gasteiger partial charge in [-0.3, -0.25) is 14.8 Å². The number of nitrogens with one attached hydrogen (secondary N) is 2. The fourth-order valence-electron chi connectivity index (χ4n) is 3.62. The molecule has 9 nitrogen and oxygen atoms in total. The lowest BCUT2D eigenvalue weighted by Gasteiger charge is -2.26. The highest BCUT2D eigenvalue weighted by Gasteiger charge is 2.13. The van der Waals surface area contributed by atoms with E-state index < -0.39 is 0 Å². The minimum Gasteiger partial charge on any atom is -0.491 e. The van der Waals surface area contributed by atoms with Gasteiger partial charge in [0.05, 0.1) is 23.7 Å². The summed E-state index contributed by atoms with van der Waals surface area (Å²) in [5, 5.41) is 12.3. The third-order valence-corrected chi connectivity index (χ3v) is 6.41. The Hall–Kier alpha value is -3.31. The van der Waals surface area contributed by atoms with Gasteiger partial charge in [-0.2, -0.15) is 5.10 Å². The first-order valence-electron chi connectivity index (χ1n) is 11.1. The number of aromatic nitrogens is 4. The summed E-state index contributed by atoms with van der Waals surface area (Å²) in [4.78, 5) is 23.1. The molecule has 4 aromatic rings. The van der Waals surface area contributed by atoms with Gasteiger partial charge >= 0.3 is 0 Å². The van der Waals surface area contributed by atoms with E-state index in [-0.39, 0.29) is 5.91 Å². The predicted molar refractivity (Wildman–Crippen MR) is 135 cm³/mol. The maximum atomic E-state index is 12.2. The lowest BCUT2D eigenvalue weighted by molar-refractivity contribution is 0.0322. The molecule has 0 bridgehead atoms. The maximum absolute atomic E-state index is 12.2. The molecule has 1 amide bonds. The van der Waals surface area contributed by atoms with Crippen molar-refractivity contribution >= 4 is 34.5 Å². The molecule has 35 heavy (non-hydrogen) atoms. The molecular weight excluding hydrogens is 488 g/mol. The van der Waals surface area contributed by atoms with Crippen molar-refractivity contribution < 1.29 is 14.3 Å². The van der Waals surface area contributed by atoms with Gasteiger partial charge in [-0.25, -0.2) is 9.97 Å². The summed E-state index contributed by atoms with van der Waals surface area (Å²) < 4.78 is 11.2. The van der Waals surface area contributed by atoms with Gasteiger partial charge in [0.15, 0.2) is 11.6 Å². The van der Waals surface area contributed by atoms with Crippen LogP contribution in [0.2, 0.25) is 5.02 Å². The van der Waals surface area contributed by atoms with Crippen LogP contribution >= 0.6 is 22.9 Å². The Bertz CT molecular complexity index is 1270. The highest BCUT2D eigenvalue weighted by atomic mass is 35.5. The molecule has 2 aromatic carbocycles. The summed E-state index contributed by atoms with van der Waals surface area (Å²) in [6, 6.07) is 12.9. The van der Waals surface area contributed by atoms with Crippen molar-refractivity contribution in [1.29, 1.82) is 0 Å². The summed E-state index contributed by atoms with van der Waals surface area (Å²) in [5.74, 6) is 1.53. The first-order chi connectivity index (χ1) is 17.2. The molecule has 1 aliphatic heterocycles. The fraction of sp³-hybridized carbons (Fsp3) is 0.250. The number of halogens is 1. The quantitative estimate of drug-likeness (QED) is 0.366. The number of rotatable bonds is 8. The number of carbonyl (C=O) groups excluding carboxylic acids is 1. The Balaban J connectivity index is 1.20. The number of morpholine rings is 1. The molecule has 1 aliphatic rings. The molecule has 0 aliphatic carbocycles. The van der Waals surface area contributed by atoms with Gasteiger partial charge in [0.25, 0.3) is 5.91 Å². The zero-order valence-electron chi connectivity index (χ0n) is 18.7. The molecule has 1 saturated heterocycles. The zero-order chi connectivity index (χ0) is 24.0. The van der Waals surface area contributed by atoms with Gasteiger partial charge in [0.1, 0.15) is 18.1 Å². The second kappa shape index (κ2) is 11.0. The van der Waals surface area contributed by atoms with Crippen molar-refractivity contribution in [2.45, 2.75) is 0 Å². The van der Waals surface area contributed by atoms with E-state index in [9.17, 15) is 4.79 Å². The molecule has 0 atom stereocenters. The molecule has 5 rings (SSSR count). The van der Waals surface area contributed by atoms with Crippen molar-refractivity contribution in [3.05, 3.63) is 64.1 Å². The molecule has 2 aromatic heterocycles. The lowest BCUT2D eigenvalue weighted by atomic mass is 10.2. The van der Waals surface area contributed by atoms with Crippen LogP contribution in [-0.4, -0.2) is 70.4 Å². The van der Waals surface area contributed by atoms with Crippen LogP contribution in [0.1, 0.15) is 10.5 Å². The molecule has 0 radical (unpaired) electrons. The van der Waals surface area contributed by atoms with Gasteiger partial charge in [0, 0.05) is 41.8 Å². The largest absolute Gasteiger partial charge is 0.491 e. The highest BCUT2D eigenvalue weighted by molar-refractivity contribution is 7.07. The normalized spacial score (nSPS) is 14.1. The summed E-state index contributed by atoms with van der Waals surface area (Å²) in [7, 11) is 0. The van der Waals surface area contributed by atoms with Crippen LogP contribution in [0.3, 0.4) is 0 Å². The van der Waals surface area contributed by atoms with Crippen molar-refractivity contribution in [1.82, 2.24) is 25.1 Å². The van der Waals surface area contributed by atoms with E-state index in [1.807, 2.05) is 36.4 Å². The molecule has 0 spiro atoms. The number of amides is 1. The molecule has 1 fully saturated rings. The number of H-pyrrole nitrogens is 1. The van der Waals surface area contributed by atoms with E-state index in [2.05, 4.69) is 30.4 Å². The number of hydrogen-bond acceptors (Lipinski definition) is 8. The Labute approximate surface area is 211 Å². The van der Waals surface area contributed by atoms with E-state index in [0.717, 1.165) is 44.0 Å². The standard InChI is InChI=1S/C24H23ClN6O3S/c25-19-13-17(3-6-21(19)34-12-9-31-7-10-33-11-8-31)23-28-22(29-30-23)16-1-4-18(5-2-16)27-24(32)20-14-35-15-26-20/h1-6,13-15H,7-12H2,(H,27,32)(H,28,29,30). The summed E-state index contributed by atoms with van der Waals surface area (Å²) in [5.41, 5.74) is 4.31. The van der Waals surface area contributed by atoms with Crippen LogP contribution in [0.4, 0.5) is 5.69 Å². The first kappa shape index (κ1) is 23.4. The van der Waals surface area contributed by atoms with Crippen LogP contribution in [0.15, 0.2) is 53.4 Å². The number of carbonyl (C=O) groups is 1. The second-order valence-electron chi connectivity index (χ2n) is 7.86. The van der Waals surface area contributed by atoms with Gasteiger partial charge in [0.2, 0.25) is 0 Å². The number of nitrogens with zero attached hydrogens (tertiary/aromatic N) is 4. The topological polar surface area (TPSA) is 105 Å². The first-order valence-corrected chi connectivity index (χ1v) is 12.4. The molecule has 180 valence electrons. The maximum Gasteiger partial charge on any atom is 0.275 e. The molecule has 3 heterocycles. The number of anilines is 1. The number of hydrogen-bond donors (Lipinski definition) is 2. The van der Waals surface area contributed by atoms with E-state index in [0.29, 0.717) is 40.4 Å². The van der Waals surface area contributed by atoms with Gasteiger partial charge in [-0.05, 0) is 42.5 Å². The molecule has 0 saturated carbocycles. The third kappa shape index (κ3) is 5.85. The predicted octanol–water partition coefficient (Wildman–Crippen LogP) is 4.21. The lowest BCUT2D eigenvalue weighted by Crippen LogP contribution is -2.38. The molecule has 11 heteroatoms. The molecule has 0 unspecified atom stereocenters. The van der Waals surface area contributed by atoms with Gasteiger partial charge in [-0.1, -0.05) is 11.6 Å². The second-order valence-corrected chi connectivity index (χ2v) is 8.99. The van der Waals surface area contributed by atoms with Crippen molar-refractivity contribution in [2.24, 2.45) is 0 Å². The van der Waals surface area contributed by atoms with Crippen LogP contribution in [0, 0.1) is 0 Å². The minimum absolute atomic E-state index is 0.244. The van der Waals surface area contributed by atoms with E-state index in [4.69, 9.17) is 21.1 Å². The van der Waals surface area contributed by atoms with Crippen molar-refractivity contribution in [3.8, 4) is 28.5 Å². The van der Waals surface area contributed by atoms with Crippen LogP contribution < -0.4 is 10.1 Å². The van der Waals surface area contributed by atoms with Gasteiger partial charge in [-0.15, -0.1) is 11.3 Å². The average molecular weight is 511 g/mol. The Kier molecular flexibility index (Phi) is 7.34. The Morgan fingerprint density at radius 2 is 1.97 bits per heavy atom. The molecule has 2 N–H and O–H groups in total. The Morgan fingerprint density at radius 1 is 1.17 bits per heavy atom.